The van der Waals surface area contributed by atoms with Gasteiger partial charge < -0.3 is 19.7 Å². The molecule has 2 aliphatic heterocycles. The molecule has 8 nitrogen and oxygen atoms in total. The number of hydrazine groups is 1. The van der Waals surface area contributed by atoms with Crippen LogP contribution in [0.2, 0.25) is 0 Å². The lowest BCUT2D eigenvalue weighted by Gasteiger charge is -2.51. The number of amides is 2. The Hall–Kier alpha value is -2.32. The van der Waals surface area contributed by atoms with E-state index in [4.69, 9.17) is 9.47 Å². The van der Waals surface area contributed by atoms with Gasteiger partial charge in [0.25, 0.3) is 0 Å². The van der Waals surface area contributed by atoms with Gasteiger partial charge in [-0.15, -0.1) is 0 Å². The SMILES string of the molecule is CCN1C(=O)C2CCNN2C2CCC(C(=O)NCCOc3ccccc3OC)CC21. The van der Waals surface area contributed by atoms with Gasteiger partial charge >= 0.3 is 0 Å². The van der Waals surface area contributed by atoms with Crippen molar-refractivity contribution in [3.05, 3.63) is 24.3 Å². The highest BCUT2D eigenvalue weighted by Gasteiger charge is 2.50. The number of methoxy groups -OCH3 is 1. The molecule has 0 bridgehead atoms. The molecule has 0 radical (unpaired) electrons. The molecular weight excluding hydrogens is 384 g/mol. The van der Waals surface area contributed by atoms with E-state index in [1.807, 2.05) is 36.1 Å². The maximum absolute atomic E-state index is 12.9. The minimum absolute atomic E-state index is 0.0382. The highest BCUT2D eigenvalue weighted by Crippen LogP contribution is 2.37. The fraction of sp³-hybridized carbons (Fsp3) is 0.636. The number of hydrogen-bond donors (Lipinski definition) is 2. The lowest BCUT2D eigenvalue weighted by atomic mass is 9.78. The number of nitrogens with zero attached hydrogens (tertiary/aromatic N) is 2. The van der Waals surface area contributed by atoms with Crippen molar-refractivity contribution in [2.75, 3.05) is 33.4 Å². The summed E-state index contributed by atoms with van der Waals surface area (Å²) in [6.07, 6.45) is 3.35. The highest BCUT2D eigenvalue weighted by molar-refractivity contribution is 5.84. The molecule has 4 unspecified atom stereocenters. The average molecular weight is 417 g/mol. The number of para-hydroxylation sites is 2. The summed E-state index contributed by atoms with van der Waals surface area (Å²) >= 11 is 0. The molecular formula is C22H32N4O4. The van der Waals surface area contributed by atoms with Crippen molar-refractivity contribution in [2.45, 2.75) is 50.7 Å². The minimum Gasteiger partial charge on any atom is -0.493 e. The number of rotatable bonds is 7. The Morgan fingerprint density at radius 2 is 2.00 bits per heavy atom. The standard InChI is InChI=1S/C22H32N4O4/c1-3-25-18-14-15(8-9-16(18)26-17(22(25)28)10-11-24-26)21(27)23-12-13-30-20-7-5-4-6-19(20)29-2/h4-7,15-18,24H,3,8-14H2,1-2H3,(H,23,27). The fourth-order valence-corrected chi connectivity index (χ4v) is 5.16. The number of fused-ring (bicyclic) bond motifs is 3. The molecule has 0 aromatic heterocycles. The Bertz CT molecular complexity index is 773. The molecule has 2 amide bonds. The van der Waals surface area contributed by atoms with Crippen LogP contribution in [0, 0.1) is 5.92 Å². The minimum atomic E-state index is -0.0708. The molecule has 4 atom stereocenters. The molecule has 2 N–H and O–H groups in total. The first-order valence-corrected chi connectivity index (χ1v) is 11.0. The van der Waals surface area contributed by atoms with Crippen LogP contribution in [0.25, 0.3) is 0 Å². The van der Waals surface area contributed by atoms with Gasteiger partial charge in [-0.05, 0) is 44.7 Å². The first-order chi connectivity index (χ1) is 14.6. The zero-order chi connectivity index (χ0) is 21.1. The predicted molar refractivity (Wildman–Crippen MR) is 112 cm³/mol. The maximum Gasteiger partial charge on any atom is 0.241 e. The molecule has 164 valence electrons. The molecule has 1 aromatic carbocycles. The summed E-state index contributed by atoms with van der Waals surface area (Å²) < 4.78 is 11.0. The highest BCUT2D eigenvalue weighted by atomic mass is 16.5. The van der Waals surface area contributed by atoms with Gasteiger partial charge in [0.15, 0.2) is 11.5 Å². The third kappa shape index (κ3) is 3.98. The fourth-order valence-electron chi connectivity index (χ4n) is 5.16. The molecule has 2 heterocycles. The Morgan fingerprint density at radius 1 is 1.20 bits per heavy atom. The lowest BCUT2D eigenvalue weighted by molar-refractivity contribution is -0.155. The van der Waals surface area contributed by atoms with Gasteiger partial charge in [0, 0.05) is 31.1 Å². The van der Waals surface area contributed by atoms with E-state index in [9.17, 15) is 9.59 Å². The summed E-state index contributed by atoms with van der Waals surface area (Å²) in [5.41, 5.74) is 3.40. The van der Waals surface area contributed by atoms with Crippen molar-refractivity contribution < 1.29 is 19.1 Å². The van der Waals surface area contributed by atoms with Crippen LogP contribution in [0.1, 0.15) is 32.6 Å². The second-order valence-corrected chi connectivity index (χ2v) is 8.18. The Balaban J connectivity index is 1.30. The number of hydrogen-bond acceptors (Lipinski definition) is 6. The average Bonchev–Trinajstić information content (AvgIpc) is 3.27. The summed E-state index contributed by atoms with van der Waals surface area (Å²) in [7, 11) is 1.61. The number of carbonyl (C=O) groups excluding carboxylic acids is 2. The van der Waals surface area contributed by atoms with Crippen molar-refractivity contribution in [3.63, 3.8) is 0 Å². The molecule has 1 saturated carbocycles. The summed E-state index contributed by atoms with van der Waals surface area (Å²) in [6, 6.07) is 7.83. The van der Waals surface area contributed by atoms with Gasteiger partial charge in [0.1, 0.15) is 12.6 Å². The van der Waals surface area contributed by atoms with Crippen LogP contribution in [0.3, 0.4) is 0 Å². The van der Waals surface area contributed by atoms with E-state index in [1.165, 1.54) is 0 Å². The molecule has 0 spiro atoms. The Morgan fingerprint density at radius 3 is 2.77 bits per heavy atom. The van der Waals surface area contributed by atoms with E-state index in [-0.39, 0.29) is 29.8 Å². The van der Waals surface area contributed by atoms with Crippen molar-refractivity contribution in [1.29, 1.82) is 0 Å². The molecule has 2 saturated heterocycles. The van der Waals surface area contributed by atoms with Crippen LogP contribution in [0.15, 0.2) is 24.3 Å². The van der Waals surface area contributed by atoms with E-state index >= 15 is 0 Å². The van der Waals surface area contributed by atoms with Crippen molar-refractivity contribution in [3.8, 4) is 11.5 Å². The topological polar surface area (TPSA) is 83.1 Å². The summed E-state index contributed by atoms with van der Waals surface area (Å²) in [5, 5.41) is 5.18. The van der Waals surface area contributed by atoms with Crippen LogP contribution in [0.4, 0.5) is 0 Å². The van der Waals surface area contributed by atoms with Crippen molar-refractivity contribution >= 4 is 11.8 Å². The van der Waals surface area contributed by atoms with Crippen LogP contribution >= 0.6 is 0 Å². The Kier molecular flexibility index (Phi) is 6.43. The van der Waals surface area contributed by atoms with Gasteiger partial charge in [0.2, 0.25) is 11.8 Å². The molecule has 30 heavy (non-hydrogen) atoms. The number of nitrogens with one attached hydrogen (secondary N) is 2. The van der Waals surface area contributed by atoms with Crippen LogP contribution in [-0.4, -0.2) is 73.2 Å². The zero-order valence-corrected chi connectivity index (χ0v) is 17.8. The molecule has 3 fully saturated rings. The lowest BCUT2D eigenvalue weighted by Crippen LogP contribution is -2.68. The van der Waals surface area contributed by atoms with E-state index in [2.05, 4.69) is 15.8 Å². The summed E-state index contributed by atoms with van der Waals surface area (Å²) in [4.78, 5) is 27.7. The van der Waals surface area contributed by atoms with Gasteiger partial charge in [-0.25, -0.2) is 5.01 Å². The maximum atomic E-state index is 12.9. The van der Waals surface area contributed by atoms with E-state index in [1.54, 1.807) is 7.11 Å². The molecule has 4 rings (SSSR count). The van der Waals surface area contributed by atoms with Crippen molar-refractivity contribution in [2.24, 2.45) is 5.92 Å². The first kappa shape index (κ1) is 20.9. The van der Waals surface area contributed by atoms with Gasteiger partial charge in [-0.2, -0.15) is 0 Å². The molecule has 8 heteroatoms. The third-order valence-corrected chi connectivity index (χ3v) is 6.59. The number of piperazine rings is 1. The predicted octanol–water partition coefficient (Wildman–Crippen LogP) is 1.17. The number of carbonyl (C=O) groups is 2. The number of benzene rings is 1. The smallest absolute Gasteiger partial charge is 0.241 e. The second-order valence-electron chi connectivity index (χ2n) is 8.18. The van der Waals surface area contributed by atoms with Crippen molar-refractivity contribution in [1.82, 2.24) is 20.7 Å². The summed E-state index contributed by atoms with van der Waals surface area (Å²) in [6.45, 7) is 4.40. The van der Waals surface area contributed by atoms with Crippen LogP contribution in [-0.2, 0) is 9.59 Å². The van der Waals surface area contributed by atoms with E-state index in [0.717, 1.165) is 25.8 Å². The van der Waals surface area contributed by atoms with Crippen LogP contribution in [0.5, 0.6) is 11.5 Å². The van der Waals surface area contributed by atoms with Crippen LogP contribution < -0.4 is 20.2 Å². The monoisotopic (exact) mass is 416 g/mol. The molecule has 1 aliphatic carbocycles. The largest absolute Gasteiger partial charge is 0.493 e. The van der Waals surface area contributed by atoms with Gasteiger partial charge in [0.05, 0.1) is 13.7 Å². The molecule has 3 aliphatic rings. The Labute approximate surface area is 177 Å². The zero-order valence-electron chi connectivity index (χ0n) is 17.8. The number of likely N-dealkylation sites (N-methyl/N-ethyl adjacent to an activating group) is 1. The van der Waals surface area contributed by atoms with Gasteiger partial charge in [-0.3, -0.25) is 15.0 Å². The van der Waals surface area contributed by atoms with Gasteiger partial charge in [-0.1, -0.05) is 12.1 Å². The summed E-state index contributed by atoms with van der Waals surface area (Å²) in [5.74, 6) is 1.53. The number of ether oxygens (including phenoxy) is 2. The first-order valence-electron chi connectivity index (χ1n) is 11.0. The quantitative estimate of drug-likeness (QED) is 0.650. The van der Waals surface area contributed by atoms with E-state index < -0.39 is 0 Å². The normalized spacial score (nSPS) is 28.6. The second kappa shape index (κ2) is 9.22. The third-order valence-electron chi connectivity index (χ3n) is 6.59. The molecule has 1 aromatic rings. The van der Waals surface area contributed by atoms with E-state index in [0.29, 0.717) is 43.7 Å².